The van der Waals surface area contributed by atoms with E-state index in [4.69, 9.17) is 0 Å². The first kappa shape index (κ1) is 17.0. The number of carbonyl (C=O) groups excluding carboxylic acids is 1. The van der Waals surface area contributed by atoms with E-state index in [0.29, 0.717) is 0 Å². The molecule has 5 nitrogen and oxygen atoms in total. The zero-order valence-electron chi connectivity index (χ0n) is 13.6. The molecule has 0 unspecified atom stereocenters. The van der Waals surface area contributed by atoms with E-state index in [1.807, 2.05) is 45.2 Å². The molecule has 0 saturated carbocycles. The summed E-state index contributed by atoms with van der Waals surface area (Å²) in [5.74, 6) is 0.879. The molecule has 0 aliphatic carbocycles. The van der Waals surface area contributed by atoms with Gasteiger partial charge in [0.2, 0.25) is 5.91 Å². The van der Waals surface area contributed by atoms with Crippen LogP contribution in [0.3, 0.4) is 0 Å². The second kappa shape index (κ2) is 6.83. The molecule has 2 rings (SSSR count). The van der Waals surface area contributed by atoms with Gasteiger partial charge in [-0.1, -0.05) is 17.8 Å². The van der Waals surface area contributed by atoms with E-state index in [2.05, 4.69) is 27.0 Å². The monoisotopic (exact) mass is 338 g/mol. The number of hydrogen-bond donors (Lipinski definition) is 1. The van der Waals surface area contributed by atoms with Gasteiger partial charge in [-0.3, -0.25) is 4.79 Å². The van der Waals surface area contributed by atoms with Gasteiger partial charge in [0.1, 0.15) is 0 Å². The third-order valence-electron chi connectivity index (χ3n) is 2.92. The van der Waals surface area contributed by atoms with E-state index in [-0.39, 0.29) is 16.7 Å². The molecule has 0 aliphatic rings. The van der Waals surface area contributed by atoms with Crippen molar-refractivity contribution in [2.45, 2.75) is 57.1 Å². The number of rotatable bonds is 5. The summed E-state index contributed by atoms with van der Waals surface area (Å²) in [6.45, 7) is 10.7. The molecule has 1 N–H and O–H groups in total. The van der Waals surface area contributed by atoms with Gasteiger partial charge in [0, 0.05) is 12.1 Å². The highest BCUT2D eigenvalue weighted by atomic mass is 32.2. The van der Waals surface area contributed by atoms with Crippen molar-refractivity contribution in [2.24, 2.45) is 0 Å². The number of thiophene rings is 1. The molecule has 1 amide bonds. The largest absolute Gasteiger partial charge is 0.351 e. The summed E-state index contributed by atoms with van der Waals surface area (Å²) < 4.78 is 2.05. The Bertz CT molecular complexity index is 629. The van der Waals surface area contributed by atoms with Crippen molar-refractivity contribution in [2.75, 3.05) is 0 Å². The van der Waals surface area contributed by atoms with E-state index in [0.717, 1.165) is 22.4 Å². The van der Waals surface area contributed by atoms with Crippen molar-refractivity contribution in [1.29, 1.82) is 0 Å². The van der Waals surface area contributed by atoms with Crippen molar-refractivity contribution in [3.8, 4) is 10.7 Å². The topological polar surface area (TPSA) is 59.8 Å². The van der Waals surface area contributed by atoms with Crippen molar-refractivity contribution >= 4 is 29.0 Å². The minimum atomic E-state index is -0.230. The van der Waals surface area contributed by atoms with Crippen LogP contribution in [0.4, 0.5) is 0 Å². The first-order valence-electron chi connectivity index (χ1n) is 7.27. The number of thioether (sulfide) groups is 1. The SMILES string of the molecule is CCn1c(S[C@@H](C)C(=O)NC(C)(C)C)nnc1-c1cccs1. The van der Waals surface area contributed by atoms with Crippen molar-refractivity contribution in [3.05, 3.63) is 17.5 Å². The highest BCUT2D eigenvalue weighted by molar-refractivity contribution is 8.00. The molecule has 0 saturated heterocycles. The smallest absolute Gasteiger partial charge is 0.233 e. The van der Waals surface area contributed by atoms with Crippen LogP contribution in [0.25, 0.3) is 10.7 Å². The fourth-order valence-corrected chi connectivity index (χ4v) is 3.56. The Labute approximate surface area is 139 Å². The zero-order valence-corrected chi connectivity index (χ0v) is 15.2. The number of amides is 1. The lowest BCUT2D eigenvalue weighted by molar-refractivity contribution is -0.121. The van der Waals surface area contributed by atoms with Crippen LogP contribution >= 0.6 is 23.1 Å². The molecule has 2 aromatic rings. The second-order valence-electron chi connectivity index (χ2n) is 6.03. The van der Waals surface area contributed by atoms with Crippen LogP contribution in [0.15, 0.2) is 22.7 Å². The summed E-state index contributed by atoms with van der Waals surface area (Å²) in [4.78, 5) is 13.3. The van der Waals surface area contributed by atoms with Crippen LogP contribution in [-0.4, -0.2) is 31.5 Å². The molecule has 22 heavy (non-hydrogen) atoms. The van der Waals surface area contributed by atoms with E-state index in [1.165, 1.54) is 11.8 Å². The van der Waals surface area contributed by atoms with E-state index >= 15 is 0 Å². The summed E-state index contributed by atoms with van der Waals surface area (Å²) in [6, 6.07) is 4.03. The van der Waals surface area contributed by atoms with Gasteiger partial charge in [0.25, 0.3) is 0 Å². The van der Waals surface area contributed by atoms with E-state index < -0.39 is 0 Å². The maximum absolute atomic E-state index is 12.2. The molecule has 0 aliphatic heterocycles. The fourth-order valence-electron chi connectivity index (χ4n) is 1.93. The molecule has 0 bridgehead atoms. The molecular weight excluding hydrogens is 316 g/mol. The highest BCUT2D eigenvalue weighted by Crippen LogP contribution is 2.29. The summed E-state index contributed by atoms with van der Waals surface area (Å²) in [7, 11) is 0. The van der Waals surface area contributed by atoms with Crippen LogP contribution in [0, 0.1) is 0 Å². The molecule has 0 aromatic carbocycles. The van der Waals surface area contributed by atoms with Gasteiger partial charge in [-0.2, -0.15) is 0 Å². The minimum Gasteiger partial charge on any atom is -0.351 e. The maximum Gasteiger partial charge on any atom is 0.233 e. The quantitative estimate of drug-likeness (QED) is 0.849. The van der Waals surface area contributed by atoms with Gasteiger partial charge < -0.3 is 9.88 Å². The Hall–Kier alpha value is -1.34. The lowest BCUT2D eigenvalue weighted by atomic mass is 10.1. The van der Waals surface area contributed by atoms with Crippen molar-refractivity contribution in [3.63, 3.8) is 0 Å². The Morgan fingerprint density at radius 3 is 2.73 bits per heavy atom. The molecule has 0 spiro atoms. The van der Waals surface area contributed by atoms with Gasteiger partial charge in [0.15, 0.2) is 11.0 Å². The van der Waals surface area contributed by atoms with Crippen LogP contribution in [0.2, 0.25) is 0 Å². The third kappa shape index (κ3) is 4.10. The summed E-state index contributed by atoms with van der Waals surface area (Å²) in [5, 5.41) is 14.1. The molecule has 2 heterocycles. The predicted octanol–water partition coefficient (Wildman–Crippen LogP) is 3.42. The maximum atomic E-state index is 12.2. The molecule has 0 radical (unpaired) electrons. The lowest BCUT2D eigenvalue weighted by Gasteiger charge is -2.22. The minimum absolute atomic E-state index is 0.0147. The Morgan fingerprint density at radius 2 is 2.18 bits per heavy atom. The average Bonchev–Trinajstić information content (AvgIpc) is 3.04. The first-order chi connectivity index (χ1) is 10.3. The molecule has 2 aromatic heterocycles. The van der Waals surface area contributed by atoms with Crippen LogP contribution < -0.4 is 5.32 Å². The second-order valence-corrected chi connectivity index (χ2v) is 8.28. The summed E-state index contributed by atoms with van der Waals surface area (Å²) in [6.07, 6.45) is 0. The van der Waals surface area contributed by atoms with Crippen molar-refractivity contribution < 1.29 is 4.79 Å². The van der Waals surface area contributed by atoms with Gasteiger partial charge in [-0.05, 0) is 46.1 Å². The molecule has 1 atom stereocenters. The molecule has 0 fully saturated rings. The Morgan fingerprint density at radius 1 is 1.45 bits per heavy atom. The standard InChI is InChI=1S/C15H22N4OS2/c1-6-19-12(11-8-7-9-21-11)17-18-14(19)22-10(2)13(20)16-15(3,4)5/h7-10H,6H2,1-5H3,(H,16,20)/t10-/m0/s1. The zero-order chi connectivity index (χ0) is 16.3. The number of nitrogens with one attached hydrogen (secondary N) is 1. The normalized spacial score (nSPS) is 13.1. The van der Waals surface area contributed by atoms with Crippen LogP contribution in [-0.2, 0) is 11.3 Å². The van der Waals surface area contributed by atoms with E-state index in [1.54, 1.807) is 11.3 Å². The van der Waals surface area contributed by atoms with Gasteiger partial charge in [-0.25, -0.2) is 0 Å². The fraction of sp³-hybridized carbons (Fsp3) is 0.533. The molecular formula is C15H22N4OS2. The molecule has 7 heteroatoms. The Balaban J connectivity index is 2.15. The van der Waals surface area contributed by atoms with Gasteiger partial charge in [-0.15, -0.1) is 21.5 Å². The Kier molecular flexibility index (Phi) is 5.28. The van der Waals surface area contributed by atoms with Gasteiger partial charge in [0.05, 0.1) is 10.1 Å². The number of carbonyl (C=O) groups is 1. The number of nitrogens with zero attached hydrogens (tertiary/aromatic N) is 3. The average molecular weight is 339 g/mol. The summed E-state index contributed by atoms with van der Waals surface area (Å²) >= 11 is 3.08. The van der Waals surface area contributed by atoms with Crippen molar-refractivity contribution in [1.82, 2.24) is 20.1 Å². The number of aromatic nitrogens is 3. The van der Waals surface area contributed by atoms with Gasteiger partial charge >= 0.3 is 0 Å². The highest BCUT2D eigenvalue weighted by Gasteiger charge is 2.23. The van der Waals surface area contributed by atoms with Crippen LogP contribution in [0.1, 0.15) is 34.6 Å². The third-order valence-corrected chi connectivity index (χ3v) is 4.87. The first-order valence-corrected chi connectivity index (χ1v) is 9.03. The van der Waals surface area contributed by atoms with Crippen LogP contribution in [0.5, 0.6) is 0 Å². The number of hydrogen-bond acceptors (Lipinski definition) is 5. The molecule has 120 valence electrons. The predicted molar refractivity (Wildman–Crippen MR) is 92.2 cm³/mol. The lowest BCUT2D eigenvalue weighted by Crippen LogP contribution is -2.44. The summed E-state index contributed by atoms with van der Waals surface area (Å²) in [5.41, 5.74) is -0.230. The van der Waals surface area contributed by atoms with E-state index in [9.17, 15) is 4.79 Å².